The molecule has 0 saturated heterocycles. The maximum atomic E-state index is 11.8. The van der Waals surface area contributed by atoms with E-state index in [0.29, 0.717) is 10.6 Å². The third-order valence-electron chi connectivity index (χ3n) is 2.10. The molecular formula is C11H17NO3S. The van der Waals surface area contributed by atoms with Crippen molar-refractivity contribution in [1.82, 2.24) is 5.32 Å². The number of nitrogens with one attached hydrogen (secondary N) is 1. The van der Waals surface area contributed by atoms with E-state index < -0.39 is 9.84 Å². The third-order valence-corrected chi connectivity index (χ3v) is 3.64. The lowest BCUT2D eigenvalue weighted by Gasteiger charge is -2.09. The quantitative estimate of drug-likeness (QED) is 0.850. The summed E-state index contributed by atoms with van der Waals surface area (Å²) in [4.78, 5) is 0.307. The summed E-state index contributed by atoms with van der Waals surface area (Å²) >= 11 is 0. The molecule has 0 spiro atoms. The Balaban J connectivity index is 2.82. The van der Waals surface area contributed by atoms with Gasteiger partial charge in [0, 0.05) is 6.04 Å². The molecule has 1 rings (SSSR count). The van der Waals surface area contributed by atoms with Crippen molar-refractivity contribution in [2.24, 2.45) is 0 Å². The molecule has 0 aromatic heterocycles. The molecular weight excluding hydrogens is 226 g/mol. The van der Waals surface area contributed by atoms with Crippen molar-refractivity contribution in [2.75, 3.05) is 13.0 Å². The van der Waals surface area contributed by atoms with Gasteiger partial charge in [-0.3, -0.25) is 0 Å². The Kier molecular flexibility index (Phi) is 4.32. The van der Waals surface area contributed by atoms with E-state index >= 15 is 0 Å². The molecule has 0 amide bonds. The van der Waals surface area contributed by atoms with Crippen molar-refractivity contribution in [3.05, 3.63) is 24.3 Å². The zero-order valence-corrected chi connectivity index (χ0v) is 10.5. The summed E-state index contributed by atoms with van der Waals surface area (Å²) in [6.07, 6.45) is 0. The molecule has 16 heavy (non-hydrogen) atoms. The van der Waals surface area contributed by atoms with E-state index in [4.69, 9.17) is 4.74 Å². The third kappa shape index (κ3) is 3.50. The Morgan fingerprint density at radius 3 is 2.25 bits per heavy atom. The first kappa shape index (κ1) is 13.0. The predicted octanol–water partition coefficient (Wildman–Crippen LogP) is 1.42. The molecule has 0 aliphatic heterocycles. The Hall–Kier alpha value is -1.07. The van der Waals surface area contributed by atoms with E-state index in [0.717, 1.165) is 0 Å². The van der Waals surface area contributed by atoms with Crippen molar-refractivity contribution < 1.29 is 13.2 Å². The number of benzene rings is 1. The lowest BCUT2D eigenvalue weighted by Crippen LogP contribution is -2.29. The Labute approximate surface area is 96.5 Å². The van der Waals surface area contributed by atoms with E-state index in [1.807, 2.05) is 13.8 Å². The molecule has 1 N–H and O–H groups in total. The molecule has 0 bridgehead atoms. The van der Waals surface area contributed by atoms with Gasteiger partial charge >= 0.3 is 0 Å². The van der Waals surface area contributed by atoms with Gasteiger partial charge in [-0.1, -0.05) is 0 Å². The van der Waals surface area contributed by atoms with Crippen molar-refractivity contribution in [3.63, 3.8) is 0 Å². The van der Waals surface area contributed by atoms with Crippen LogP contribution in [0.4, 0.5) is 0 Å². The van der Waals surface area contributed by atoms with Crippen LogP contribution in [-0.4, -0.2) is 27.4 Å². The molecule has 1 aromatic rings. The number of methoxy groups -OCH3 is 1. The van der Waals surface area contributed by atoms with E-state index in [1.54, 1.807) is 31.4 Å². The van der Waals surface area contributed by atoms with Crippen LogP contribution in [-0.2, 0) is 9.84 Å². The van der Waals surface area contributed by atoms with Gasteiger partial charge in [-0.25, -0.2) is 8.42 Å². The second kappa shape index (κ2) is 5.32. The molecule has 0 radical (unpaired) electrons. The molecule has 0 saturated carbocycles. The van der Waals surface area contributed by atoms with Gasteiger partial charge in [0.25, 0.3) is 0 Å². The normalized spacial score (nSPS) is 11.8. The van der Waals surface area contributed by atoms with Crippen LogP contribution in [0.2, 0.25) is 0 Å². The summed E-state index contributed by atoms with van der Waals surface area (Å²) < 4.78 is 28.6. The molecule has 0 fully saturated rings. The Bertz CT molecular complexity index is 423. The maximum Gasteiger partial charge on any atom is 0.191 e. The number of hydrogen-bond donors (Lipinski definition) is 1. The Morgan fingerprint density at radius 1 is 1.25 bits per heavy atom. The standard InChI is InChI=1S/C11H17NO3S/c1-9(2)12-8-16(13,14)11-6-4-10(15-3)5-7-11/h4-7,9,12H,8H2,1-3H3. The summed E-state index contributed by atoms with van der Waals surface area (Å²) in [7, 11) is -1.70. The smallest absolute Gasteiger partial charge is 0.191 e. The van der Waals surface area contributed by atoms with Crippen molar-refractivity contribution in [2.45, 2.75) is 24.8 Å². The van der Waals surface area contributed by atoms with Gasteiger partial charge in [0.15, 0.2) is 9.84 Å². The summed E-state index contributed by atoms with van der Waals surface area (Å²) in [5, 5.41) is 2.89. The first-order chi connectivity index (χ1) is 7.45. The van der Waals surface area contributed by atoms with Gasteiger partial charge in [0.2, 0.25) is 0 Å². The monoisotopic (exact) mass is 243 g/mol. The minimum absolute atomic E-state index is 0.0446. The fourth-order valence-corrected chi connectivity index (χ4v) is 2.41. The first-order valence-corrected chi connectivity index (χ1v) is 6.71. The van der Waals surface area contributed by atoms with Crippen molar-refractivity contribution in [3.8, 4) is 5.75 Å². The highest BCUT2D eigenvalue weighted by atomic mass is 32.2. The SMILES string of the molecule is COc1ccc(S(=O)(=O)CNC(C)C)cc1. The Morgan fingerprint density at radius 2 is 1.81 bits per heavy atom. The van der Waals surface area contributed by atoms with Gasteiger partial charge in [-0.15, -0.1) is 0 Å². The summed E-state index contributed by atoms with van der Waals surface area (Å²) in [5.41, 5.74) is 0. The van der Waals surface area contributed by atoms with Crippen LogP contribution in [0.5, 0.6) is 5.75 Å². The van der Waals surface area contributed by atoms with Gasteiger partial charge in [-0.05, 0) is 38.1 Å². The van der Waals surface area contributed by atoms with Crippen LogP contribution in [0.1, 0.15) is 13.8 Å². The molecule has 0 heterocycles. The minimum atomic E-state index is -3.25. The molecule has 90 valence electrons. The summed E-state index contributed by atoms with van der Waals surface area (Å²) in [6, 6.07) is 6.53. The molecule has 1 aromatic carbocycles. The van der Waals surface area contributed by atoms with E-state index in [2.05, 4.69) is 5.32 Å². The second-order valence-electron chi connectivity index (χ2n) is 3.79. The molecule has 0 atom stereocenters. The van der Waals surface area contributed by atoms with Gasteiger partial charge in [0.05, 0.1) is 12.0 Å². The zero-order valence-electron chi connectivity index (χ0n) is 9.73. The predicted molar refractivity (Wildman–Crippen MR) is 63.3 cm³/mol. The number of hydrogen-bond acceptors (Lipinski definition) is 4. The van der Waals surface area contributed by atoms with Crippen molar-refractivity contribution >= 4 is 9.84 Å². The summed E-state index contributed by atoms with van der Waals surface area (Å²) in [5.74, 6) is 0.604. The topological polar surface area (TPSA) is 55.4 Å². The molecule has 0 aliphatic carbocycles. The van der Waals surface area contributed by atoms with Crippen LogP contribution >= 0.6 is 0 Å². The van der Waals surface area contributed by atoms with E-state index in [-0.39, 0.29) is 11.9 Å². The fraction of sp³-hybridized carbons (Fsp3) is 0.455. The fourth-order valence-electron chi connectivity index (χ4n) is 1.14. The molecule has 4 nitrogen and oxygen atoms in total. The highest BCUT2D eigenvalue weighted by Crippen LogP contribution is 2.16. The average Bonchev–Trinajstić information content (AvgIpc) is 2.27. The molecule has 0 aliphatic rings. The van der Waals surface area contributed by atoms with Gasteiger partial charge in [0.1, 0.15) is 11.6 Å². The largest absolute Gasteiger partial charge is 0.497 e. The molecule has 5 heteroatoms. The van der Waals surface area contributed by atoms with Gasteiger partial charge < -0.3 is 10.1 Å². The number of rotatable bonds is 5. The van der Waals surface area contributed by atoms with Crippen LogP contribution in [0.3, 0.4) is 0 Å². The van der Waals surface area contributed by atoms with Crippen molar-refractivity contribution in [1.29, 1.82) is 0 Å². The van der Waals surface area contributed by atoms with E-state index in [1.165, 1.54) is 0 Å². The van der Waals surface area contributed by atoms with Crippen LogP contribution < -0.4 is 10.1 Å². The highest BCUT2D eigenvalue weighted by molar-refractivity contribution is 7.91. The maximum absolute atomic E-state index is 11.8. The van der Waals surface area contributed by atoms with Crippen LogP contribution in [0.15, 0.2) is 29.2 Å². The molecule has 0 unspecified atom stereocenters. The van der Waals surface area contributed by atoms with Gasteiger partial charge in [-0.2, -0.15) is 0 Å². The summed E-state index contributed by atoms with van der Waals surface area (Å²) in [6.45, 7) is 3.81. The first-order valence-electron chi connectivity index (χ1n) is 5.06. The number of sulfone groups is 1. The van der Waals surface area contributed by atoms with Crippen LogP contribution in [0.25, 0.3) is 0 Å². The van der Waals surface area contributed by atoms with E-state index in [9.17, 15) is 8.42 Å². The second-order valence-corrected chi connectivity index (χ2v) is 5.78. The number of ether oxygens (including phenoxy) is 1. The zero-order chi connectivity index (χ0) is 12.2. The average molecular weight is 243 g/mol. The highest BCUT2D eigenvalue weighted by Gasteiger charge is 2.14. The lowest BCUT2D eigenvalue weighted by atomic mass is 10.3. The minimum Gasteiger partial charge on any atom is -0.497 e. The van der Waals surface area contributed by atoms with Crippen LogP contribution in [0, 0.1) is 0 Å². The lowest BCUT2D eigenvalue weighted by molar-refractivity contribution is 0.414.